The average Bonchev–Trinajstić information content (AvgIpc) is 2.98. The fraction of sp³-hybridized carbons (Fsp3) is 0. The van der Waals surface area contributed by atoms with Crippen LogP contribution in [0.15, 0.2) is 79.2 Å². The van der Waals surface area contributed by atoms with Crippen LogP contribution in [0.25, 0.3) is 17.0 Å². The predicted octanol–water partition coefficient (Wildman–Crippen LogP) is 3.90. The molecule has 5 nitrogen and oxygen atoms in total. The van der Waals surface area contributed by atoms with Crippen molar-refractivity contribution >= 4 is 44.8 Å². The molecule has 0 unspecified atom stereocenters. The van der Waals surface area contributed by atoms with E-state index in [1.54, 1.807) is 30.3 Å². The molecule has 0 N–H and O–H groups in total. The van der Waals surface area contributed by atoms with Gasteiger partial charge in [0.05, 0.1) is 16.5 Å². The van der Waals surface area contributed by atoms with Crippen molar-refractivity contribution in [2.45, 2.75) is 0 Å². The van der Waals surface area contributed by atoms with Crippen molar-refractivity contribution in [1.29, 1.82) is 0 Å². The van der Waals surface area contributed by atoms with Gasteiger partial charge < -0.3 is 9.15 Å². The van der Waals surface area contributed by atoms with Gasteiger partial charge in [0, 0.05) is 4.47 Å². The minimum absolute atomic E-state index is 0.0494. The first-order chi connectivity index (χ1) is 12.1. The molecule has 0 saturated carbocycles. The second-order valence-corrected chi connectivity index (χ2v) is 6.19. The molecule has 0 saturated heterocycles. The van der Waals surface area contributed by atoms with E-state index in [0.717, 1.165) is 4.47 Å². The van der Waals surface area contributed by atoms with Gasteiger partial charge in [0.1, 0.15) is 11.8 Å². The first kappa shape index (κ1) is 15.5. The number of rotatable bonds is 2. The standard InChI is InChI=1S/C19H10BrNO4/c20-14-7-3-1-5-12(14)18-21-15(19(23)25-18)9-11-10-24-16-8-4-2-6-13(16)17(11)22/h1-10H/b15-9-. The average molecular weight is 396 g/mol. The predicted molar refractivity (Wildman–Crippen MR) is 97.2 cm³/mol. The molecule has 0 fully saturated rings. The lowest BCUT2D eigenvalue weighted by Gasteiger charge is -2.01. The number of carbonyl (C=O) groups is 1. The summed E-state index contributed by atoms with van der Waals surface area (Å²) in [6, 6.07) is 14.2. The van der Waals surface area contributed by atoms with E-state index in [1.807, 2.05) is 18.2 Å². The Morgan fingerprint density at radius 3 is 2.60 bits per heavy atom. The molecule has 2 heterocycles. The SMILES string of the molecule is O=C1OC(c2ccccc2Br)=N/C1=C\c1coc2ccccc2c1=O. The van der Waals surface area contributed by atoms with Gasteiger partial charge in [-0.05, 0) is 46.3 Å². The highest BCUT2D eigenvalue weighted by molar-refractivity contribution is 9.10. The minimum atomic E-state index is -0.613. The third-order valence-electron chi connectivity index (χ3n) is 3.72. The smallest absolute Gasteiger partial charge is 0.363 e. The molecule has 25 heavy (non-hydrogen) atoms. The normalized spacial score (nSPS) is 15.5. The summed E-state index contributed by atoms with van der Waals surface area (Å²) in [5.74, 6) is -0.424. The van der Waals surface area contributed by atoms with Crippen molar-refractivity contribution in [2.24, 2.45) is 4.99 Å². The maximum Gasteiger partial charge on any atom is 0.363 e. The molecule has 122 valence electrons. The van der Waals surface area contributed by atoms with Crippen LogP contribution < -0.4 is 5.43 Å². The largest absolute Gasteiger partial charge is 0.463 e. The Kier molecular flexibility index (Phi) is 3.82. The molecule has 0 radical (unpaired) electrons. The van der Waals surface area contributed by atoms with Gasteiger partial charge in [0.2, 0.25) is 5.90 Å². The molecule has 0 bridgehead atoms. The van der Waals surface area contributed by atoms with Gasteiger partial charge in [0.15, 0.2) is 11.1 Å². The van der Waals surface area contributed by atoms with E-state index in [9.17, 15) is 9.59 Å². The molecule has 1 aromatic heterocycles. The molecular formula is C19H10BrNO4. The van der Waals surface area contributed by atoms with Crippen molar-refractivity contribution in [2.75, 3.05) is 0 Å². The Bertz CT molecular complexity index is 1130. The van der Waals surface area contributed by atoms with Crippen LogP contribution in [-0.4, -0.2) is 11.9 Å². The zero-order chi connectivity index (χ0) is 17.4. The van der Waals surface area contributed by atoms with Crippen molar-refractivity contribution in [1.82, 2.24) is 0 Å². The number of hydrogen-bond donors (Lipinski definition) is 0. The summed E-state index contributed by atoms with van der Waals surface area (Å²) in [4.78, 5) is 28.8. The van der Waals surface area contributed by atoms with Gasteiger partial charge in [-0.15, -0.1) is 0 Å². The second-order valence-electron chi connectivity index (χ2n) is 5.33. The first-order valence-electron chi connectivity index (χ1n) is 7.41. The number of hydrogen-bond acceptors (Lipinski definition) is 5. The number of carbonyl (C=O) groups excluding carboxylic acids is 1. The molecule has 2 aromatic carbocycles. The van der Waals surface area contributed by atoms with Gasteiger partial charge in [0.25, 0.3) is 0 Å². The quantitative estimate of drug-likeness (QED) is 0.487. The third kappa shape index (κ3) is 2.81. The minimum Gasteiger partial charge on any atom is -0.463 e. The lowest BCUT2D eigenvalue weighted by Crippen LogP contribution is -2.07. The van der Waals surface area contributed by atoms with Crippen LogP contribution in [0.3, 0.4) is 0 Å². The summed E-state index contributed by atoms with van der Waals surface area (Å²) >= 11 is 3.40. The summed E-state index contributed by atoms with van der Waals surface area (Å²) in [6.45, 7) is 0. The Morgan fingerprint density at radius 2 is 1.76 bits per heavy atom. The van der Waals surface area contributed by atoms with E-state index in [1.165, 1.54) is 12.3 Å². The molecular weight excluding hydrogens is 386 g/mol. The Labute approximate surface area is 150 Å². The van der Waals surface area contributed by atoms with E-state index in [0.29, 0.717) is 16.5 Å². The van der Waals surface area contributed by atoms with E-state index < -0.39 is 5.97 Å². The zero-order valence-electron chi connectivity index (χ0n) is 12.7. The molecule has 0 aliphatic carbocycles. The molecule has 4 rings (SSSR count). The van der Waals surface area contributed by atoms with E-state index in [-0.39, 0.29) is 22.6 Å². The van der Waals surface area contributed by atoms with Crippen molar-refractivity contribution in [3.05, 3.63) is 86.3 Å². The van der Waals surface area contributed by atoms with Gasteiger partial charge >= 0.3 is 5.97 Å². The van der Waals surface area contributed by atoms with Crippen LogP contribution in [0.4, 0.5) is 0 Å². The van der Waals surface area contributed by atoms with Crippen molar-refractivity contribution < 1.29 is 13.9 Å². The monoisotopic (exact) mass is 395 g/mol. The lowest BCUT2D eigenvalue weighted by atomic mass is 10.1. The second kappa shape index (κ2) is 6.14. The lowest BCUT2D eigenvalue weighted by molar-refractivity contribution is -0.129. The number of cyclic esters (lactones) is 1. The summed E-state index contributed by atoms with van der Waals surface area (Å²) in [5.41, 5.74) is 1.20. The van der Waals surface area contributed by atoms with Gasteiger partial charge in [-0.1, -0.05) is 24.3 Å². The number of para-hydroxylation sites is 1. The van der Waals surface area contributed by atoms with Crippen molar-refractivity contribution in [3.63, 3.8) is 0 Å². The summed E-state index contributed by atoms with van der Waals surface area (Å²) < 4.78 is 11.4. The van der Waals surface area contributed by atoms with Crippen LogP contribution in [0.1, 0.15) is 11.1 Å². The highest BCUT2D eigenvalue weighted by Gasteiger charge is 2.25. The third-order valence-corrected chi connectivity index (χ3v) is 4.42. The molecule has 6 heteroatoms. The molecule has 3 aromatic rings. The van der Waals surface area contributed by atoms with Crippen LogP contribution in [0.5, 0.6) is 0 Å². The maximum absolute atomic E-state index is 12.5. The van der Waals surface area contributed by atoms with E-state index >= 15 is 0 Å². The fourth-order valence-electron chi connectivity index (χ4n) is 2.50. The van der Waals surface area contributed by atoms with Crippen LogP contribution >= 0.6 is 15.9 Å². The van der Waals surface area contributed by atoms with E-state index in [2.05, 4.69) is 20.9 Å². The Hall–Kier alpha value is -2.99. The highest BCUT2D eigenvalue weighted by Crippen LogP contribution is 2.23. The summed E-state index contributed by atoms with van der Waals surface area (Å²) in [7, 11) is 0. The number of nitrogens with zero attached hydrogens (tertiary/aromatic N) is 1. The number of esters is 1. The molecule has 1 aliphatic heterocycles. The number of benzene rings is 2. The van der Waals surface area contributed by atoms with Crippen LogP contribution in [0.2, 0.25) is 0 Å². The summed E-state index contributed by atoms with van der Waals surface area (Å²) in [5, 5.41) is 0.443. The Morgan fingerprint density at radius 1 is 1.00 bits per heavy atom. The zero-order valence-corrected chi connectivity index (χ0v) is 14.3. The summed E-state index contributed by atoms with van der Waals surface area (Å²) in [6.07, 6.45) is 2.70. The molecule has 0 spiro atoms. The van der Waals surface area contributed by atoms with Gasteiger partial charge in [-0.3, -0.25) is 4.79 Å². The van der Waals surface area contributed by atoms with E-state index in [4.69, 9.17) is 9.15 Å². The number of aliphatic imine (C=N–C) groups is 1. The van der Waals surface area contributed by atoms with Gasteiger partial charge in [-0.25, -0.2) is 9.79 Å². The first-order valence-corrected chi connectivity index (χ1v) is 8.21. The molecule has 0 amide bonds. The number of ether oxygens (including phenoxy) is 1. The van der Waals surface area contributed by atoms with Gasteiger partial charge in [-0.2, -0.15) is 0 Å². The molecule has 1 aliphatic rings. The molecule has 0 atom stereocenters. The fourth-order valence-corrected chi connectivity index (χ4v) is 2.95. The Balaban J connectivity index is 1.79. The number of halogens is 1. The maximum atomic E-state index is 12.5. The van der Waals surface area contributed by atoms with Crippen LogP contribution in [0, 0.1) is 0 Å². The van der Waals surface area contributed by atoms with Crippen molar-refractivity contribution in [3.8, 4) is 0 Å². The number of fused-ring (bicyclic) bond motifs is 1. The highest BCUT2D eigenvalue weighted by atomic mass is 79.9. The topological polar surface area (TPSA) is 68.9 Å². The van der Waals surface area contributed by atoms with Crippen LogP contribution in [-0.2, 0) is 9.53 Å².